The number of carbonyl (C=O) groups excluding carboxylic acids is 1. The summed E-state index contributed by atoms with van der Waals surface area (Å²) in [4.78, 5) is 15.1. The summed E-state index contributed by atoms with van der Waals surface area (Å²) in [6, 6.07) is 6.80. The number of nitrogens with zero attached hydrogens (tertiary/aromatic N) is 1. The third-order valence-corrected chi connectivity index (χ3v) is 5.28. The lowest BCUT2D eigenvalue weighted by Crippen LogP contribution is -2.43. The van der Waals surface area contributed by atoms with E-state index in [1.165, 1.54) is 5.56 Å². The molecular formula is C20H27BrN2O2. The minimum atomic E-state index is 0.141. The molecule has 0 radical (unpaired) electrons. The lowest BCUT2D eigenvalue weighted by Gasteiger charge is -2.30. The highest BCUT2D eigenvalue weighted by Gasteiger charge is 2.36. The van der Waals surface area contributed by atoms with Crippen LogP contribution in [0.15, 0.2) is 28.7 Å². The quantitative estimate of drug-likeness (QED) is 0.751. The second-order valence-electron chi connectivity index (χ2n) is 6.99. The topological polar surface area (TPSA) is 41.6 Å². The molecule has 1 aliphatic heterocycles. The number of carbonyl (C=O) groups is 1. The summed E-state index contributed by atoms with van der Waals surface area (Å²) >= 11 is 3.60. The molecule has 1 N–H and O–H groups in total. The Labute approximate surface area is 158 Å². The molecule has 4 nitrogen and oxygen atoms in total. The zero-order valence-corrected chi connectivity index (χ0v) is 16.4. The molecule has 136 valence electrons. The molecule has 0 unspecified atom stereocenters. The molecule has 5 heteroatoms. The number of nitrogens with one attached hydrogen (secondary N) is 1. The molecule has 1 saturated carbocycles. The number of methoxy groups -OCH3 is 1. The average Bonchev–Trinajstić information content (AvgIpc) is 3.45. The van der Waals surface area contributed by atoms with Gasteiger partial charge >= 0.3 is 0 Å². The first-order chi connectivity index (χ1) is 12.2. The monoisotopic (exact) mass is 406 g/mol. The van der Waals surface area contributed by atoms with Crippen LogP contribution in [0, 0.1) is 5.92 Å². The number of piperidine rings is 1. The van der Waals surface area contributed by atoms with Crippen molar-refractivity contribution in [2.75, 3.05) is 26.8 Å². The minimum absolute atomic E-state index is 0.141. The van der Waals surface area contributed by atoms with Gasteiger partial charge in [0.1, 0.15) is 0 Å². The van der Waals surface area contributed by atoms with Crippen molar-refractivity contribution in [3.8, 4) is 0 Å². The van der Waals surface area contributed by atoms with Gasteiger partial charge in [0.2, 0.25) is 5.91 Å². The van der Waals surface area contributed by atoms with E-state index >= 15 is 0 Å². The Morgan fingerprint density at radius 1 is 1.36 bits per heavy atom. The standard InChI is InChI=1S/C20H27BrN2O2/c1-25-9-3-4-15-10-16(12-18(21)11-15)14-23(19-6-7-19)20(24)17-5-2-8-22-13-17/h3-4,10-12,17,19,22H,2,5-9,13-14H2,1H3/b4-3+/t17-/m1/s1. The van der Waals surface area contributed by atoms with Gasteiger partial charge in [0, 0.05) is 30.7 Å². The van der Waals surface area contributed by atoms with Crippen LogP contribution in [0.2, 0.25) is 0 Å². The van der Waals surface area contributed by atoms with Crippen LogP contribution in [0.4, 0.5) is 0 Å². The van der Waals surface area contributed by atoms with E-state index in [9.17, 15) is 4.79 Å². The molecule has 0 aromatic heterocycles. The predicted molar refractivity (Wildman–Crippen MR) is 104 cm³/mol. The summed E-state index contributed by atoms with van der Waals surface area (Å²) in [6.45, 7) is 3.16. The number of halogens is 1. The zero-order chi connectivity index (χ0) is 17.6. The van der Waals surface area contributed by atoms with Crippen LogP contribution in [0.3, 0.4) is 0 Å². The lowest BCUT2D eigenvalue weighted by molar-refractivity contribution is -0.137. The van der Waals surface area contributed by atoms with Crippen molar-refractivity contribution in [1.82, 2.24) is 10.2 Å². The summed E-state index contributed by atoms with van der Waals surface area (Å²) in [5.74, 6) is 0.466. The Bertz CT molecular complexity index is 622. The third-order valence-electron chi connectivity index (χ3n) is 4.82. The molecule has 1 aromatic rings. The van der Waals surface area contributed by atoms with E-state index in [-0.39, 0.29) is 5.92 Å². The first-order valence-corrected chi connectivity index (χ1v) is 9.93. The van der Waals surface area contributed by atoms with Gasteiger partial charge in [-0.1, -0.05) is 28.1 Å². The maximum atomic E-state index is 13.0. The second-order valence-corrected chi connectivity index (χ2v) is 7.91. The number of benzene rings is 1. The van der Waals surface area contributed by atoms with E-state index in [2.05, 4.69) is 50.4 Å². The highest BCUT2D eigenvalue weighted by molar-refractivity contribution is 9.10. The number of ether oxygens (including phenoxy) is 1. The van der Waals surface area contributed by atoms with Crippen LogP contribution >= 0.6 is 15.9 Å². The molecule has 1 atom stereocenters. The molecule has 3 rings (SSSR count). The van der Waals surface area contributed by atoms with Crippen molar-refractivity contribution in [3.63, 3.8) is 0 Å². The molecule has 1 amide bonds. The van der Waals surface area contributed by atoms with Gasteiger partial charge in [0.25, 0.3) is 0 Å². The van der Waals surface area contributed by atoms with E-state index < -0.39 is 0 Å². The number of hydrogen-bond donors (Lipinski definition) is 1. The Morgan fingerprint density at radius 2 is 2.20 bits per heavy atom. The van der Waals surface area contributed by atoms with Gasteiger partial charge in [-0.15, -0.1) is 0 Å². The maximum Gasteiger partial charge on any atom is 0.227 e. The molecule has 1 heterocycles. The molecule has 2 aliphatic rings. The van der Waals surface area contributed by atoms with Gasteiger partial charge in [0.05, 0.1) is 12.5 Å². The molecule has 0 bridgehead atoms. The van der Waals surface area contributed by atoms with Crippen LogP contribution in [0.5, 0.6) is 0 Å². The van der Waals surface area contributed by atoms with E-state index in [0.717, 1.165) is 48.8 Å². The minimum Gasteiger partial charge on any atom is -0.381 e. The summed E-state index contributed by atoms with van der Waals surface area (Å²) in [6.07, 6.45) is 8.45. The normalized spacial score (nSPS) is 20.8. The van der Waals surface area contributed by atoms with E-state index in [1.54, 1.807) is 7.11 Å². The van der Waals surface area contributed by atoms with E-state index in [1.807, 2.05) is 6.08 Å². The molecule has 1 aliphatic carbocycles. The fourth-order valence-electron chi connectivity index (χ4n) is 3.41. The number of hydrogen-bond acceptors (Lipinski definition) is 3. The molecule has 2 fully saturated rings. The number of rotatable bonds is 7. The summed E-state index contributed by atoms with van der Waals surface area (Å²) in [5, 5.41) is 3.36. The van der Waals surface area contributed by atoms with Crippen LogP contribution in [0.1, 0.15) is 36.8 Å². The summed E-state index contributed by atoms with van der Waals surface area (Å²) in [5.41, 5.74) is 2.31. The number of amides is 1. The first kappa shape index (κ1) is 18.6. The zero-order valence-electron chi connectivity index (χ0n) is 14.8. The van der Waals surface area contributed by atoms with Gasteiger partial charge < -0.3 is 15.0 Å². The van der Waals surface area contributed by atoms with Crippen LogP contribution in [-0.2, 0) is 16.1 Å². The van der Waals surface area contributed by atoms with E-state index in [4.69, 9.17) is 4.74 Å². The van der Waals surface area contributed by atoms with Crippen molar-refractivity contribution >= 4 is 27.9 Å². The second kappa shape index (κ2) is 8.97. The summed E-state index contributed by atoms with van der Waals surface area (Å²) in [7, 11) is 1.69. The molecule has 25 heavy (non-hydrogen) atoms. The highest BCUT2D eigenvalue weighted by atomic mass is 79.9. The van der Waals surface area contributed by atoms with Crippen LogP contribution in [-0.4, -0.2) is 43.7 Å². The predicted octanol–water partition coefficient (Wildman–Crippen LogP) is 3.60. The van der Waals surface area contributed by atoms with Crippen LogP contribution in [0.25, 0.3) is 6.08 Å². The van der Waals surface area contributed by atoms with Crippen molar-refractivity contribution in [2.24, 2.45) is 5.92 Å². The molecule has 1 aromatic carbocycles. The largest absolute Gasteiger partial charge is 0.381 e. The van der Waals surface area contributed by atoms with Crippen molar-refractivity contribution in [2.45, 2.75) is 38.3 Å². The van der Waals surface area contributed by atoms with E-state index in [0.29, 0.717) is 25.1 Å². The Morgan fingerprint density at radius 3 is 2.88 bits per heavy atom. The molecule has 0 spiro atoms. The van der Waals surface area contributed by atoms with Gasteiger partial charge in [-0.3, -0.25) is 4.79 Å². The fraction of sp³-hybridized carbons (Fsp3) is 0.550. The Hall–Kier alpha value is -1.17. The molecule has 1 saturated heterocycles. The van der Waals surface area contributed by atoms with Crippen molar-refractivity contribution < 1.29 is 9.53 Å². The molecular weight excluding hydrogens is 380 g/mol. The maximum absolute atomic E-state index is 13.0. The highest BCUT2D eigenvalue weighted by Crippen LogP contribution is 2.31. The average molecular weight is 407 g/mol. The first-order valence-electron chi connectivity index (χ1n) is 9.13. The Balaban J connectivity index is 1.72. The van der Waals surface area contributed by atoms with Crippen molar-refractivity contribution in [1.29, 1.82) is 0 Å². The van der Waals surface area contributed by atoms with Crippen LogP contribution < -0.4 is 5.32 Å². The van der Waals surface area contributed by atoms with Gasteiger partial charge in [-0.25, -0.2) is 0 Å². The van der Waals surface area contributed by atoms with Gasteiger partial charge in [-0.05, 0) is 61.6 Å². The Kier molecular flexibility index (Phi) is 6.68. The smallest absolute Gasteiger partial charge is 0.227 e. The van der Waals surface area contributed by atoms with Gasteiger partial charge in [-0.2, -0.15) is 0 Å². The van der Waals surface area contributed by atoms with Gasteiger partial charge in [0.15, 0.2) is 0 Å². The summed E-state index contributed by atoms with van der Waals surface area (Å²) < 4.78 is 6.12. The fourth-order valence-corrected chi connectivity index (χ4v) is 3.97. The lowest BCUT2D eigenvalue weighted by atomic mass is 9.97. The third kappa shape index (κ3) is 5.40. The SMILES string of the molecule is COC/C=C/c1cc(Br)cc(CN(C(=O)[C@@H]2CCCNC2)C2CC2)c1. The van der Waals surface area contributed by atoms with Crippen molar-refractivity contribution in [3.05, 3.63) is 39.9 Å².